The highest BCUT2D eigenvalue weighted by molar-refractivity contribution is 5.98. The van der Waals surface area contributed by atoms with Gasteiger partial charge in [0.2, 0.25) is 0 Å². The standard InChI is InChI=1S/C20H18N4O/c1-14(15-6-8-17(9-7-15)24-11-10-21-13-24)22-20(25)19-12-16-4-2-3-5-18(16)23-19/h2-14,23H,1H3,(H,22,25)/t14-/m0/s1. The van der Waals surface area contributed by atoms with Crippen LogP contribution in [0.2, 0.25) is 0 Å². The van der Waals surface area contributed by atoms with Gasteiger partial charge in [0.25, 0.3) is 5.91 Å². The summed E-state index contributed by atoms with van der Waals surface area (Å²) in [5.41, 5.74) is 3.62. The van der Waals surface area contributed by atoms with Crippen LogP contribution in [0.4, 0.5) is 0 Å². The number of benzene rings is 2. The molecule has 124 valence electrons. The Morgan fingerprint density at radius 2 is 1.96 bits per heavy atom. The Balaban J connectivity index is 1.49. The minimum Gasteiger partial charge on any atom is -0.351 e. The van der Waals surface area contributed by atoms with Crippen LogP contribution in [0.15, 0.2) is 73.3 Å². The molecule has 25 heavy (non-hydrogen) atoms. The van der Waals surface area contributed by atoms with Gasteiger partial charge in [-0.15, -0.1) is 0 Å². The topological polar surface area (TPSA) is 62.7 Å². The number of aromatic nitrogens is 3. The lowest BCUT2D eigenvalue weighted by Crippen LogP contribution is -2.26. The number of amides is 1. The Morgan fingerprint density at radius 1 is 1.16 bits per heavy atom. The van der Waals surface area contributed by atoms with Crippen molar-refractivity contribution in [3.8, 4) is 5.69 Å². The molecule has 0 saturated heterocycles. The second-order valence-corrected chi connectivity index (χ2v) is 6.03. The molecule has 0 saturated carbocycles. The number of nitrogens with zero attached hydrogens (tertiary/aromatic N) is 2. The van der Waals surface area contributed by atoms with Gasteiger partial charge in [-0.05, 0) is 36.8 Å². The first kappa shape index (κ1) is 15.2. The lowest BCUT2D eigenvalue weighted by atomic mass is 10.1. The number of fused-ring (bicyclic) bond motifs is 1. The zero-order chi connectivity index (χ0) is 17.2. The molecule has 4 aromatic rings. The molecule has 0 radical (unpaired) electrons. The van der Waals surface area contributed by atoms with E-state index in [2.05, 4.69) is 15.3 Å². The minimum atomic E-state index is -0.109. The van der Waals surface area contributed by atoms with Crippen LogP contribution < -0.4 is 5.32 Å². The van der Waals surface area contributed by atoms with Crippen molar-refractivity contribution in [2.75, 3.05) is 0 Å². The molecule has 2 N–H and O–H groups in total. The van der Waals surface area contributed by atoms with Gasteiger partial charge >= 0.3 is 0 Å². The molecule has 0 spiro atoms. The summed E-state index contributed by atoms with van der Waals surface area (Å²) in [6.45, 7) is 1.98. The normalized spacial score (nSPS) is 12.2. The molecule has 4 rings (SSSR count). The summed E-state index contributed by atoms with van der Waals surface area (Å²) in [6.07, 6.45) is 5.41. The Labute approximate surface area is 145 Å². The molecule has 0 fully saturated rings. The maximum atomic E-state index is 12.5. The van der Waals surface area contributed by atoms with Crippen molar-refractivity contribution in [2.24, 2.45) is 0 Å². The highest BCUT2D eigenvalue weighted by atomic mass is 16.1. The number of carbonyl (C=O) groups is 1. The molecule has 5 heteroatoms. The second-order valence-electron chi connectivity index (χ2n) is 6.03. The van der Waals surface area contributed by atoms with Gasteiger partial charge in [0.15, 0.2) is 0 Å². The Morgan fingerprint density at radius 3 is 2.68 bits per heavy atom. The van der Waals surface area contributed by atoms with Crippen LogP contribution in [0.25, 0.3) is 16.6 Å². The van der Waals surface area contributed by atoms with Gasteiger partial charge < -0.3 is 14.9 Å². The van der Waals surface area contributed by atoms with E-state index in [-0.39, 0.29) is 11.9 Å². The van der Waals surface area contributed by atoms with Crippen molar-refractivity contribution in [1.82, 2.24) is 19.9 Å². The molecule has 0 aliphatic carbocycles. The summed E-state index contributed by atoms with van der Waals surface area (Å²) < 4.78 is 1.94. The first-order valence-electron chi connectivity index (χ1n) is 8.17. The number of nitrogens with one attached hydrogen (secondary N) is 2. The molecule has 5 nitrogen and oxygen atoms in total. The molecular weight excluding hydrogens is 312 g/mol. The molecule has 1 amide bonds. The molecule has 2 aromatic carbocycles. The van der Waals surface area contributed by atoms with Gasteiger partial charge in [0.1, 0.15) is 5.69 Å². The van der Waals surface area contributed by atoms with E-state index >= 15 is 0 Å². The minimum absolute atomic E-state index is 0.0873. The average Bonchev–Trinajstić information content (AvgIpc) is 3.31. The summed E-state index contributed by atoms with van der Waals surface area (Å²) in [6, 6.07) is 17.7. The maximum absolute atomic E-state index is 12.5. The Bertz CT molecular complexity index is 967. The van der Waals surface area contributed by atoms with E-state index in [9.17, 15) is 4.79 Å². The highest BCUT2D eigenvalue weighted by Crippen LogP contribution is 2.18. The van der Waals surface area contributed by atoms with Crippen molar-refractivity contribution in [2.45, 2.75) is 13.0 Å². The summed E-state index contributed by atoms with van der Waals surface area (Å²) in [5.74, 6) is -0.109. The summed E-state index contributed by atoms with van der Waals surface area (Å²) in [7, 11) is 0. The van der Waals surface area contributed by atoms with Crippen LogP contribution >= 0.6 is 0 Å². The van der Waals surface area contributed by atoms with Gasteiger partial charge in [0.05, 0.1) is 12.4 Å². The number of carbonyl (C=O) groups excluding carboxylic acids is 1. The molecule has 0 aliphatic rings. The van der Waals surface area contributed by atoms with E-state index in [0.29, 0.717) is 5.69 Å². The van der Waals surface area contributed by atoms with Gasteiger partial charge in [0, 0.05) is 29.0 Å². The number of hydrogen-bond acceptors (Lipinski definition) is 2. The lowest BCUT2D eigenvalue weighted by Gasteiger charge is -2.14. The number of rotatable bonds is 4. The van der Waals surface area contributed by atoms with Crippen molar-refractivity contribution in [3.05, 3.63) is 84.6 Å². The van der Waals surface area contributed by atoms with Gasteiger partial charge in [-0.2, -0.15) is 0 Å². The highest BCUT2D eigenvalue weighted by Gasteiger charge is 2.13. The molecule has 0 aliphatic heterocycles. The fourth-order valence-electron chi connectivity index (χ4n) is 2.90. The van der Waals surface area contributed by atoms with Crippen LogP contribution in [0, 0.1) is 0 Å². The number of para-hydroxylation sites is 1. The van der Waals surface area contributed by atoms with Crippen LogP contribution in [0.3, 0.4) is 0 Å². The largest absolute Gasteiger partial charge is 0.351 e. The monoisotopic (exact) mass is 330 g/mol. The van der Waals surface area contributed by atoms with Crippen LogP contribution in [-0.4, -0.2) is 20.4 Å². The van der Waals surface area contributed by atoms with E-state index in [0.717, 1.165) is 22.2 Å². The third-order valence-corrected chi connectivity index (χ3v) is 4.32. The van der Waals surface area contributed by atoms with E-state index in [1.807, 2.05) is 72.3 Å². The quantitative estimate of drug-likeness (QED) is 0.597. The van der Waals surface area contributed by atoms with Crippen LogP contribution in [0.5, 0.6) is 0 Å². The van der Waals surface area contributed by atoms with E-state index in [4.69, 9.17) is 0 Å². The van der Waals surface area contributed by atoms with Crippen molar-refractivity contribution in [3.63, 3.8) is 0 Å². The number of H-pyrrole nitrogens is 1. The van der Waals surface area contributed by atoms with Crippen LogP contribution in [-0.2, 0) is 0 Å². The Hall–Kier alpha value is -3.34. The fourth-order valence-corrected chi connectivity index (χ4v) is 2.90. The molecule has 2 heterocycles. The van der Waals surface area contributed by atoms with Crippen LogP contribution in [0.1, 0.15) is 29.0 Å². The summed E-state index contributed by atoms with van der Waals surface area (Å²) in [5, 5.41) is 4.07. The van der Waals surface area contributed by atoms with Gasteiger partial charge in [-0.25, -0.2) is 4.98 Å². The predicted octanol–water partition coefficient (Wildman–Crippen LogP) is 3.84. The maximum Gasteiger partial charge on any atom is 0.268 e. The van der Waals surface area contributed by atoms with Crippen molar-refractivity contribution in [1.29, 1.82) is 0 Å². The molecule has 0 unspecified atom stereocenters. The number of imidazole rings is 1. The smallest absolute Gasteiger partial charge is 0.268 e. The van der Waals surface area contributed by atoms with Gasteiger partial charge in [-0.3, -0.25) is 4.79 Å². The zero-order valence-electron chi connectivity index (χ0n) is 13.8. The third kappa shape index (κ3) is 3.04. The zero-order valence-corrected chi connectivity index (χ0v) is 13.8. The molecule has 1 atom stereocenters. The predicted molar refractivity (Wildman–Crippen MR) is 97.7 cm³/mol. The lowest BCUT2D eigenvalue weighted by molar-refractivity contribution is 0.0935. The second kappa shape index (κ2) is 6.28. The first-order valence-corrected chi connectivity index (χ1v) is 8.17. The van der Waals surface area contributed by atoms with Gasteiger partial charge in [-0.1, -0.05) is 30.3 Å². The summed E-state index contributed by atoms with van der Waals surface area (Å²) >= 11 is 0. The Kier molecular flexibility index (Phi) is 3.82. The fraction of sp³-hybridized carbons (Fsp3) is 0.100. The van der Waals surface area contributed by atoms with E-state index in [1.54, 1.807) is 12.5 Å². The first-order chi connectivity index (χ1) is 12.2. The van der Waals surface area contributed by atoms with Crippen molar-refractivity contribution >= 4 is 16.8 Å². The third-order valence-electron chi connectivity index (χ3n) is 4.32. The molecule has 2 aromatic heterocycles. The summed E-state index contributed by atoms with van der Waals surface area (Å²) in [4.78, 5) is 19.7. The van der Waals surface area contributed by atoms with E-state index in [1.165, 1.54) is 0 Å². The molecule has 0 bridgehead atoms. The van der Waals surface area contributed by atoms with Crippen molar-refractivity contribution < 1.29 is 4.79 Å². The number of hydrogen-bond donors (Lipinski definition) is 2. The molecular formula is C20H18N4O. The van der Waals surface area contributed by atoms with E-state index < -0.39 is 0 Å². The number of aromatic amines is 1. The average molecular weight is 330 g/mol. The SMILES string of the molecule is C[C@H](NC(=O)c1cc2ccccc2[nH]1)c1ccc(-n2ccnc2)cc1.